The molecule has 3 heteroatoms. The molecule has 0 spiro atoms. The molecular formula is C18H16BrNS. The third kappa shape index (κ3) is 3.55. The molecule has 1 aromatic heterocycles. The summed E-state index contributed by atoms with van der Waals surface area (Å²) in [5.74, 6) is 0. The van der Waals surface area contributed by atoms with Crippen molar-refractivity contribution in [3.05, 3.63) is 74.9 Å². The Morgan fingerprint density at radius 1 is 1.00 bits per heavy atom. The van der Waals surface area contributed by atoms with Gasteiger partial charge in [0.15, 0.2) is 0 Å². The van der Waals surface area contributed by atoms with Crippen molar-refractivity contribution < 1.29 is 0 Å². The van der Waals surface area contributed by atoms with Crippen LogP contribution in [0.5, 0.6) is 0 Å². The zero-order valence-corrected chi connectivity index (χ0v) is 14.2. The standard InChI is InChI=1S/C18H16BrNS/c1-13-7-8-17(19)18(9-13)20-11-16-10-15(12-21-16)14-5-3-2-4-6-14/h2-10,12,20H,11H2,1H3. The SMILES string of the molecule is Cc1ccc(Br)c(NCc2cc(-c3ccccc3)cs2)c1. The Hall–Kier alpha value is -1.58. The molecule has 0 aliphatic heterocycles. The quantitative estimate of drug-likeness (QED) is 0.594. The highest BCUT2D eigenvalue weighted by atomic mass is 79.9. The van der Waals surface area contributed by atoms with E-state index in [-0.39, 0.29) is 0 Å². The number of aryl methyl sites for hydroxylation is 1. The highest BCUT2D eigenvalue weighted by Crippen LogP contribution is 2.28. The number of nitrogens with one attached hydrogen (secondary N) is 1. The van der Waals surface area contributed by atoms with Gasteiger partial charge in [-0.3, -0.25) is 0 Å². The molecule has 0 unspecified atom stereocenters. The predicted octanol–water partition coefficient (Wildman–Crippen LogP) is 6.10. The van der Waals surface area contributed by atoms with E-state index in [4.69, 9.17) is 0 Å². The first-order valence-corrected chi connectivity index (χ1v) is 8.52. The van der Waals surface area contributed by atoms with Gasteiger partial charge in [-0.25, -0.2) is 0 Å². The molecule has 0 saturated heterocycles. The van der Waals surface area contributed by atoms with E-state index in [0.29, 0.717) is 0 Å². The van der Waals surface area contributed by atoms with E-state index >= 15 is 0 Å². The van der Waals surface area contributed by atoms with Crippen LogP contribution < -0.4 is 5.32 Å². The van der Waals surface area contributed by atoms with Gasteiger partial charge in [0.05, 0.1) is 0 Å². The summed E-state index contributed by atoms with van der Waals surface area (Å²) >= 11 is 5.38. The van der Waals surface area contributed by atoms with Gasteiger partial charge in [-0.05, 0) is 63.1 Å². The summed E-state index contributed by atoms with van der Waals surface area (Å²) < 4.78 is 1.10. The second kappa shape index (κ2) is 6.46. The largest absolute Gasteiger partial charge is 0.379 e. The number of thiophene rings is 1. The maximum absolute atomic E-state index is 3.59. The van der Waals surface area contributed by atoms with E-state index in [1.54, 1.807) is 11.3 Å². The Kier molecular flexibility index (Phi) is 4.42. The van der Waals surface area contributed by atoms with Crippen LogP contribution in [-0.2, 0) is 6.54 Å². The van der Waals surface area contributed by atoms with Crippen molar-refractivity contribution in [2.45, 2.75) is 13.5 Å². The second-order valence-corrected chi connectivity index (χ2v) is 6.85. The highest BCUT2D eigenvalue weighted by Gasteiger charge is 2.04. The van der Waals surface area contributed by atoms with E-state index < -0.39 is 0 Å². The normalized spacial score (nSPS) is 10.6. The van der Waals surface area contributed by atoms with E-state index in [0.717, 1.165) is 16.7 Å². The van der Waals surface area contributed by atoms with Crippen molar-refractivity contribution in [2.24, 2.45) is 0 Å². The van der Waals surface area contributed by atoms with Crippen molar-refractivity contribution in [1.29, 1.82) is 0 Å². The summed E-state index contributed by atoms with van der Waals surface area (Å²) in [5.41, 5.74) is 4.97. The van der Waals surface area contributed by atoms with Crippen LogP contribution in [0.3, 0.4) is 0 Å². The molecule has 0 bridgehead atoms. The van der Waals surface area contributed by atoms with E-state index in [1.807, 2.05) is 6.07 Å². The topological polar surface area (TPSA) is 12.0 Å². The molecule has 0 aliphatic carbocycles. The smallest absolute Gasteiger partial charge is 0.0494 e. The molecule has 3 aromatic rings. The van der Waals surface area contributed by atoms with E-state index in [2.05, 4.69) is 82.1 Å². The fraction of sp³-hybridized carbons (Fsp3) is 0.111. The van der Waals surface area contributed by atoms with Crippen molar-refractivity contribution >= 4 is 33.0 Å². The van der Waals surface area contributed by atoms with Gasteiger partial charge in [0.2, 0.25) is 0 Å². The third-order valence-corrected chi connectivity index (χ3v) is 4.96. The molecule has 0 fully saturated rings. The van der Waals surface area contributed by atoms with Crippen LogP contribution >= 0.6 is 27.3 Å². The number of benzene rings is 2. The minimum absolute atomic E-state index is 0.847. The molecular weight excluding hydrogens is 342 g/mol. The molecule has 0 amide bonds. The van der Waals surface area contributed by atoms with Crippen LogP contribution in [0.25, 0.3) is 11.1 Å². The van der Waals surface area contributed by atoms with Gasteiger partial charge in [-0.15, -0.1) is 11.3 Å². The van der Waals surface area contributed by atoms with Crippen LogP contribution in [0.2, 0.25) is 0 Å². The van der Waals surface area contributed by atoms with Crippen LogP contribution in [0.4, 0.5) is 5.69 Å². The number of hydrogen-bond acceptors (Lipinski definition) is 2. The van der Waals surface area contributed by atoms with Gasteiger partial charge >= 0.3 is 0 Å². The van der Waals surface area contributed by atoms with Gasteiger partial charge in [0.25, 0.3) is 0 Å². The first-order chi connectivity index (χ1) is 10.2. The molecule has 3 rings (SSSR count). The number of halogens is 1. The summed E-state index contributed by atoms with van der Waals surface area (Å²) in [6.45, 7) is 2.95. The lowest BCUT2D eigenvalue weighted by Gasteiger charge is -2.08. The lowest BCUT2D eigenvalue weighted by molar-refractivity contribution is 1.18. The predicted molar refractivity (Wildman–Crippen MR) is 96.0 cm³/mol. The molecule has 2 aromatic carbocycles. The lowest BCUT2D eigenvalue weighted by Crippen LogP contribution is -1.98. The Balaban J connectivity index is 1.72. The summed E-state index contributed by atoms with van der Waals surface area (Å²) in [5, 5.41) is 5.72. The van der Waals surface area contributed by atoms with Crippen molar-refractivity contribution in [3.63, 3.8) is 0 Å². The zero-order valence-electron chi connectivity index (χ0n) is 11.8. The Morgan fingerprint density at radius 2 is 1.81 bits per heavy atom. The fourth-order valence-corrected chi connectivity index (χ4v) is 3.43. The van der Waals surface area contributed by atoms with E-state index in [1.165, 1.54) is 21.6 Å². The maximum atomic E-state index is 3.59. The van der Waals surface area contributed by atoms with Gasteiger partial charge in [-0.2, -0.15) is 0 Å². The van der Waals surface area contributed by atoms with Crippen LogP contribution in [0.15, 0.2) is 64.5 Å². The summed E-state index contributed by atoms with van der Waals surface area (Å²) in [4.78, 5) is 1.34. The molecule has 0 radical (unpaired) electrons. The van der Waals surface area contributed by atoms with Crippen molar-refractivity contribution in [1.82, 2.24) is 0 Å². The summed E-state index contributed by atoms with van der Waals surface area (Å²) in [6, 6.07) is 19.1. The first-order valence-electron chi connectivity index (χ1n) is 6.85. The zero-order chi connectivity index (χ0) is 14.7. The third-order valence-electron chi connectivity index (χ3n) is 3.34. The lowest BCUT2D eigenvalue weighted by atomic mass is 10.1. The highest BCUT2D eigenvalue weighted by molar-refractivity contribution is 9.10. The molecule has 1 nitrogen and oxygen atoms in total. The Labute approximate surface area is 137 Å². The maximum Gasteiger partial charge on any atom is 0.0494 e. The average Bonchev–Trinajstić information content (AvgIpc) is 2.98. The number of anilines is 1. The van der Waals surface area contributed by atoms with E-state index in [9.17, 15) is 0 Å². The van der Waals surface area contributed by atoms with Gasteiger partial charge in [0, 0.05) is 21.6 Å². The molecule has 0 saturated carbocycles. The van der Waals surface area contributed by atoms with Crippen LogP contribution in [-0.4, -0.2) is 0 Å². The molecule has 0 atom stereocenters. The molecule has 1 N–H and O–H groups in total. The second-order valence-electron chi connectivity index (χ2n) is 5.00. The summed E-state index contributed by atoms with van der Waals surface area (Å²) in [7, 11) is 0. The van der Waals surface area contributed by atoms with Gasteiger partial charge in [-0.1, -0.05) is 36.4 Å². The van der Waals surface area contributed by atoms with Crippen LogP contribution in [0, 0.1) is 6.92 Å². The van der Waals surface area contributed by atoms with Gasteiger partial charge < -0.3 is 5.32 Å². The molecule has 21 heavy (non-hydrogen) atoms. The molecule has 1 heterocycles. The van der Waals surface area contributed by atoms with Crippen molar-refractivity contribution in [3.8, 4) is 11.1 Å². The molecule has 106 valence electrons. The summed E-state index contributed by atoms with van der Waals surface area (Å²) in [6.07, 6.45) is 0. The minimum Gasteiger partial charge on any atom is -0.379 e. The van der Waals surface area contributed by atoms with Crippen LogP contribution in [0.1, 0.15) is 10.4 Å². The Morgan fingerprint density at radius 3 is 2.62 bits per heavy atom. The van der Waals surface area contributed by atoms with Gasteiger partial charge in [0.1, 0.15) is 0 Å². The average molecular weight is 358 g/mol. The number of hydrogen-bond donors (Lipinski definition) is 1. The first kappa shape index (κ1) is 14.4. The minimum atomic E-state index is 0.847. The fourth-order valence-electron chi connectivity index (χ4n) is 2.21. The van der Waals surface area contributed by atoms with Crippen molar-refractivity contribution in [2.75, 3.05) is 5.32 Å². The Bertz CT molecular complexity index is 734. The number of rotatable bonds is 4. The molecule has 0 aliphatic rings. The monoisotopic (exact) mass is 357 g/mol.